The fraction of sp³-hybridized carbons (Fsp3) is 0.167. The summed E-state index contributed by atoms with van der Waals surface area (Å²) in [6, 6.07) is 0. The van der Waals surface area contributed by atoms with Crippen LogP contribution < -0.4 is 0 Å². The van der Waals surface area contributed by atoms with Gasteiger partial charge in [-0.1, -0.05) is 0 Å². The number of alkyl halides is 2. The summed E-state index contributed by atoms with van der Waals surface area (Å²) in [6.45, 7) is 0. The molecule has 0 N–H and O–H groups in total. The van der Waals surface area contributed by atoms with Crippen LogP contribution in [0, 0.1) is 5.82 Å². The first-order valence-corrected chi connectivity index (χ1v) is 6.42. The smallest absolute Gasteiger partial charge is 0.252 e. The summed E-state index contributed by atoms with van der Waals surface area (Å²) in [6.07, 6.45) is -2.56. The second-order valence-electron chi connectivity index (χ2n) is 2.37. The Morgan fingerprint density at radius 3 is 2.40 bits per heavy atom. The number of hydrogen-bond acceptors (Lipinski definition) is 3. The molecule has 0 radical (unpaired) electrons. The summed E-state index contributed by atoms with van der Waals surface area (Å²) in [5.74, 6) is -1.38. The molecule has 15 heavy (non-hydrogen) atoms. The molecule has 0 amide bonds. The zero-order valence-electron chi connectivity index (χ0n) is 6.72. The van der Waals surface area contributed by atoms with Gasteiger partial charge in [0.15, 0.2) is 5.82 Å². The van der Waals surface area contributed by atoms with Gasteiger partial charge in [0.1, 0.15) is 10.6 Å². The Balaban J connectivity index is 3.48. The third-order valence-corrected chi connectivity index (χ3v) is 3.49. The van der Waals surface area contributed by atoms with E-state index in [9.17, 15) is 21.6 Å². The Morgan fingerprint density at radius 2 is 2.00 bits per heavy atom. The van der Waals surface area contributed by atoms with Crippen molar-refractivity contribution in [2.24, 2.45) is 0 Å². The molecule has 0 atom stereocenters. The Morgan fingerprint density at radius 1 is 1.47 bits per heavy atom. The molecule has 0 saturated heterocycles. The van der Waals surface area contributed by atoms with E-state index in [1.807, 2.05) is 0 Å². The second-order valence-corrected chi connectivity index (χ2v) is 5.70. The molecule has 1 heterocycles. The van der Waals surface area contributed by atoms with Crippen LogP contribution in [0.3, 0.4) is 0 Å². The maximum Gasteiger partial charge on any atom is 0.281 e. The fourth-order valence-electron chi connectivity index (χ4n) is 0.784. The number of hydrogen-bond donors (Lipinski definition) is 0. The van der Waals surface area contributed by atoms with E-state index in [-0.39, 0.29) is 0 Å². The number of rotatable bonds is 2. The van der Waals surface area contributed by atoms with E-state index >= 15 is 0 Å². The van der Waals surface area contributed by atoms with E-state index in [0.29, 0.717) is 6.20 Å². The van der Waals surface area contributed by atoms with Crippen molar-refractivity contribution >= 4 is 35.7 Å². The molecule has 9 heteroatoms. The van der Waals surface area contributed by atoms with Gasteiger partial charge >= 0.3 is 0 Å². The minimum Gasteiger partial charge on any atom is -0.252 e. The third kappa shape index (κ3) is 2.61. The van der Waals surface area contributed by atoms with Crippen LogP contribution in [0.1, 0.15) is 12.1 Å². The van der Waals surface area contributed by atoms with Gasteiger partial charge in [-0.25, -0.2) is 21.6 Å². The minimum absolute atomic E-state index is 0.448. The molecule has 1 rings (SSSR count). The van der Waals surface area contributed by atoms with Crippen molar-refractivity contribution in [1.29, 1.82) is 0 Å². The number of halogens is 5. The first kappa shape index (κ1) is 12.7. The summed E-state index contributed by atoms with van der Waals surface area (Å²) in [5, 5.41) is 0. The van der Waals surface area contributed by atoms with Gasteiger partial charge in [0, 0.05) is 10.7 Å². The van der Waals surface area contributed by atoms with Crippen molar-refractivity contribution < 1.29 is 21.6 Å². The van der Waals surface area contributed by atoms with Crippen molar-refractivity contribution in [3.63, 3.8) is 0 Å². The van der Waals surface area contributed by atoms with Gasteiger partial charge in [-0.2, -0.15) is 0 Å². The third-order valence-electron chi connectivity index (χ3n) is 1.42. The van der Waals surface area contributed by atoms with Gasteiger partial charge in [0.25, 0.3) is 15.5 Å². The predicted octanol–water partition coefficient (Wildman–Crippen LogP) is 2.85. The van der Waals surface area contributed by atoms with Gasteiger partial charge < -0.3 is 0 Å². The summed E-state index contributed by atoms with van der Waals surface area (Å²) in [7, 11) is 0.513. The molecule has 84 valence electrons. The molecular formula is C6H2BrClF3NO2S. The highest BCUT2D eigenvalue weighted by Gasteiger charge is 2.24. The zero-order chi connectivity index (χ0) is 11.8. The van der Waals surface area contributed by atoms with Crippen molar-refractivity contribution in [1.82, 2.24) is 4.98 Å². The Kier molecular flexibility index (Phi) is 3.62. The molecule has 0 aliphatic rings. The average Bonchev–Trinajstić information content (AvgIpc) is 2.06. The van der Waals surface area contributed by atoms with Crippen LogP contribution in [0.25, 0.3) is 0 Å². The van der Waals surface area contributed by atoms with E-state index in [1.54, 1.807) is 0 Å². The summed E-state index contributed by atoms with van der Waals surface area (Å²) >= 11 is 2.48. The first-order valence-electron chi connectivity index (χ1n) is 3.32. The minimum atomic E-state index is -4.34. The molecule has 0 aliphatic heterocycles. The monoisotopic (exact) mass is 323 g/mol. The lowest BCUT2D eigenvalue weighted by Gasteiger charge is -2.05. The molecule has 0 fully saturated rings. The molecular weight excluding hydrogens is 322 g/mol. The van der Waals surface area contributed by atoms with Crippen LogP contribution >= 0.6 is 26.6 Å². The lowest BCUT2D eigenvalue weighted by Crippen LogP contribution is -2.02. The van der Waals surface area contributed by atoms with Crippen molar-refractivity contribution in [2.75, 3.05) is 0 Å². The summed E-state index contributed by atoms with van der Waals surface area (Å²) < 4.78 is 58.4. The quantitative estimate of drug-likeness (QED) is 0.786. The van der Waals surface area contributed by atoms with Crippen LogP contribution in [-0.4, -0.2) is 13.4 Å². The maximum absolute atomic E-state index is 13.2. The van der Waals surface area contributed by atoms with E-state index in [4.69, 9.17) is 10.7 Å². The van der Waals surface area contributed by atoms with E-state index < -0.39 is 36.4 Å². The Labute approximate surface area is 95.8 Å². The Hall–Kier alpha value is -0.340. The van der Waals surface area contributed by atoms with E-state index in [1.165, 1.54) is 0 Å². The van der Waals surface area contributed by atoms with E-state index in [2.05, 4.69) is 20.9 Å². The zero-order valence-corrected chi connectivity index (χ0v) is 9.87. The largest absolute Gasteiger partial charge is 0.281 e. The summed E-state index contributed by atoms with van der Waals surface area (Å²) in [5.41, 5.74) is -0.878. The highest BCUT2D eigenvalue weighted by atomic mass is 79.9. The lowest BCUT2D eigenvalue weighted by molar-refractivity contribution is 0.144. The number of nitrogens with zero attached hydrogens (tertiary/aromatic N) is 1. The average molecular weight is 325 g/mol. The molecule has 1 aromatic heterocycles. The van der Waals surface area contributed by atoms with Gasteiger partial charge in [0.05, 0.1) is 10.7 Å². The van der Waals surface area contributed by atoms with Crippen LogP contribution in [0.15, 0.2) is 15.6 Å². The SMILES string of the molecule is O=S(=O)(Cl)c1cnc(C(F)F)c(Br)c1F. The van der Waals surface area contributed by atoms with Crippen LogP contribution in [-0.2, 0) is 9.05 Å². The molecule has 0 aromatic carbocycles. The topological polar surface area (TPSA) is 47.0 Å². The van der Waals surface area contributed by atoms with Crippen LogP contribution in [0.2, 0.25) is 0 Å². The highest BCUT2D eigenvalue weighted by Crippen LogP contribution is 2.31. The van der Waals surface area contributed by atoms with Crippen molar-refractivity contribution in [3.05, 3.63) is 22.2 Å². The maximum atomic E-state index is 13.2. The van der Waals surface area contributed by atoms with Gasteiger partial charge in [-0.15, -0.1) is 0 Å². The van der Waals surface area contributed by atoms with Gasteiger partial charge in [-0.05, 0) is 15.9 Å². The van der Waals surface area contributed by atoms with Gasteiger partial charge in [-0.3, -0.25) is 4.98 Å². The molecule has 1 aromatic rings. The summed E-state index contributed by atoms with van der Waals surface area (Å²) in [4.78, 5) is 2.16. The highest BCUT2D eigenvalue weighted by molar-refractivity contribution is 9.10. The molecule has 0 saturated carbocycles. The molecule has 0 aliphatic carbocycles. The normalized spacial score (nSPS) is 12.1. The van der Waals surface area contributed by atoms with Crippen molar-refractivity contribution in [3.8, 4) is 0 Å². The lowest BCUT2D eigenvalue weighted by atomic mass is 10.3. The molecule has 0 spiro atoms. The molecule has 3 nitrogen and oxygen atoms in total. The predicted molar refractivity (Wildman–Crippen MR) is 49.9 cm³/mol. The first-order chi connectivity index (χ1) is 6.75. The fourth-order valence-corrected chi connectivity index (χ4v) is 2.22. The number of pyridine rings is 1. The van der Waals surface area contributed by atoms with E-state index in [0.717, 1.165) is 0 Å². The van der Waals surface area contributed by atoms with Gasteiger partial charge in [0.2, 0.25) is 0 Å². The molecule has 0 unspecified atom stereocenters. The number of aromatic nitrogens is 1. The van der Waals surface area contributed by atoms with Crippen molar-refractivity contribution in [2.45, 2.75) is 11.3 Å². The second kappa shape index (κ2) is 4.26. The van der Waals surface area contributed by atoms with Crippen LogP contribution in [0.4, 0.5) is 13.2 Å². The standard InChI is InChI=1S/C6H2BrClF3NO2S/c7-3-4(9)2(15(8,13)14)1-12-5(3)6(10)11/h1,6H. The molecule has 0 bridgehead atoms. The van der Waals surface area contributed by atoms with Crippen LogP contribution in [0.5, 0.6) is 0 Å². The Bertz CT molecular complexity index is 493.